The van der Waals surface area contributed by atoms with Crippen LogP contribution < -0.4 is 0 Å². The lowest BCUT2D eigenvalue weighted by atomic mass is 10.2. The van der Waals surface area contributed by atoms with E-state index in [-0.39, 0.29) is 6.04 Å². The van der Waals surface area contributed by atoms with Gasteiger partial charge in [0, 0.05) is 25.4 Å². The molecular weight excluding hydrogens is 202 g/mol. The molecule has 0 aliphatic carbocycles. The van der Waals surface area contributed by atoms with Gasteiger partial charge in [0.25, 0.3) is 0 Å². The van der Waals surface area contributed by atoms with Crippen LogP contribution in [0.5, 0.6) is 0 Å². The second kappa shape index (κ2) is 4.14. The highest BCUT2D eigenvalue weighted by molar-refractivity contribution is 7.89. The van der Waals surface area contributed by atoms with Crippen LogP contribution in [0, 0.1) is 4.78 Å². The van der Waals surface area contributed by atoms with Crippen LogP contribution in [0.15, 0.2) is 0 Å². The van der Waals surface area contributed by atoms with Gasteiger partial charge in [-0.1, -0.05) is 0 Å². The highest BCUT2D eigenvalue weighted by Crippen LogP contribution is 2.21. The summed E-state index contributed by atoms with van der Waals surface area (Å²) < 4.78 is 20.7. The fourth-order valence-corrected chi connectivity index (χ4v) is 3.05. The molecule has 0 saturated carbocycles. The Morgan fingerprint density at radius 3 is 2.64 bits per heavy atom. The van der Waals surface area contributed by atoms with Crippen molar-refractivity contribution in [2.24, 2.45) is 0 Å². The summed E-state index contributed by atoms with van der Waals surface area (Å²) in [6, 6.07) is 0.0370. The third kappa shape index (κ3) is 2.91. The second-order valence-corrected chi connectivity index (χ2v) is 6.28. The van der Waals surface area contributed by atoms with E-state index in [1.807, 2.05) is 19.0 Å². The van der Waals surface area contributed by atoms with Crippen LogP contribution in [0.4, 0.5) is 0 Å². The lowest BCUT2D eigenvalue weighted by molar-refractivity contribution is 0.188. The Balaban J connectivity index is 2.73. The summed E-state index contributed by atoms with van der Waals surface area (Å²) in [4.78, 5) is 1.99. The van der Waals surface area contributed by atoms with Crippen LogP contribution in [0.25, 0.3) is 0 Å². The van der Waals surface area contributed by atoms with Crippen LogP contribution in [-0.4, -0.2) is 64.1 Å². The number of likely N-dealkylation sites (N-methyl/N-ethyl adjacent to an activating group) is 1. The minimum Gasteiger partial charge on any atom is -0.392 e. The zero-order valence-electron chi connectivity index (χ0n) is 8.93. The average Bonchev–Trinajstić information content (AvgIpc) is 2.28. The molecule has 3 unspecified atom stereocenters. The number of nitrogens with zero attached hydrogens (tertiary/aromatic N) is 2. The SMILES string of the molecule is CN(C)CC1CC(O)CN1S(C)(=N)=O. The summed E-state index contributed by atoms with van der Waals surface area (Å²) in [5.41, 5.74) is 0. The molecule has 6 heteroatoms. The Bertz CT molecular complexity index is 289. The van der Waals surface area contributed by atoms with Crippen LogP contribution in [0.3, 0.4) is 0 Å². The van der Waals surface area contributed by atoms with Crippen molar-refractivity contribution in [3.05, 3.63) is 0 Å². The van der Waals surface area contributed by atoms with E-state index in [0.717, 1.165) is 6.54 Å². The predicted molar refractivity (Wildman–Crippen MR) is 56.5 cm³/mol. The van der Waals surface area contributed by atoms with Crippen LogP contribution in [0.2, 0.25) is 0 Å². The number of β-amino-alcohol motifs (C(OH)–C–C–N with tert-alkyl or cyclic N) is 1. The van der Waals surface area contributed by atoms with Crippen molar-refractivity contribution in [2.75, 3.05) is 33.4 Å². The Kier molecular flexibility index (Phi) is 3.52. The predicted octanol–water partition coefficient (Wildman–Crippen LogP) is -0.425. The van der Waals surface area contributed by atoms with E-state index in [1.54, 1.807) is 4.31 Å². The molecule has 1 aliphatic heterocycles. The van der Waals surface area contributed by atoms with E-state index in [4.69, 9.17) is 4.78 Å². The molecule has 2 N–H and O–H groups in total. The van der Waals surface area contributed by atoms with Gasteiger partial charge in [0.15, 0.2) is 0 Å². The van der Waals surface area contributed by atoms with Crippen molar-refractivity contribution in [1.82, 2.24) is 9.21 Å². The number of hydrogen-bond acceptors (Lipinski definition) is 4. The van der Waals surface area contributed by atoms with E-state index in [0.29, 0.717) is 13.0 Å². The molecule has 0 bridgehead atoms. The van der Waals surface area contributed by atoms with Gasteiger partial charge in [-0.15, -0.1) is 0 Å². The number of nitrogens with one attached hydrogen (secondary N) is 1. The lowest BCUT2D eigenvalue weighted by Crippen LogP contribution is -2.40. The van der Waals surface area contributed by atoms with Gasteiger partial charge in [-0.25, -0.2) is 13.3 Å². The summed E-state index contributed by atoms with van der Waals surface area (Å²) >= 11 is 0. The average molecular weight is 221 g/mol. The topological polar surface area (TPSA) is 67.6 Å². The third-order valence-corrected chi connectivity index (χ3v) is 3.71. The van der Waals surface area contributed by atoms with Crippen LogP contribution >= 0.6 is 0 Å². The largest absolute Gasteiger partial charge is 0.392 e. The first-order valence-corrected chi connectivity index (χ1v) is 6.56. The van der Waals surface area contributed by atoms with E-state index in [9.17, 15) is 9.32 Å². The molecule has 0 aromatic carbocycles. The molecule has 1 aliphatic rings. The zero-order valence-corrected chi connectivity index (χ0v) is 9.75. The molecule has 1 rings (SSSR count). The Morgan fingerprint density at radius 1 is 1.64 bits per heavy atom. The monoisotopic (exact) mass is 221 g/mol. The molecule has 1 heterocycles. The number of rotatable bonds is 3. The molecule has 84 valence electrons. The van der Waals surface area contributed by atoms with Gasteiger partial charge in [-0.05, 0) is 20.5 Å². The summed E-state index contributed by atoms with van der Waals surface area (Å²) in [5.74, 6) is 0. The first-order chi connectivity index (χ1) is 6.30. The highest BCUT2D eigenvalue weighted by Gasteiger charge is 2.35. The first kappa shape index (κ1) is 11.9. The van der Waals surface area contributed by atoms with Gasteiger partial charge in [0.1, 0.15) is 9.92 Å². The summed E-state index contributed by atoms with van der Waals surface area (Å²) in [6.45, 7) is 1.10. The van der Waals surface area contributed by atoms with Gasteiger partial charge in [-0.2, -0.15) is 0 Å². The molecule has 1 saturated heterocycles. The van der Waals surface area contributed by atoms with E-state index >= 15 is 0 Å². The maximum atomic E-state index is 11.6. The molecule has 14 heavy (non-hydrogen) atoms. The summed E-state index contributed by atoms with van der Waals surface area (Å²) in [7, 11) is 1.19. The molecule has 0 aromatic rings. The van der Waals surface area contributed by atoms with E-state index in [1.165, 1.54) is 6.26 Å². The quantitative estimate of drug-likeness (QED) is 0.680. The van der Waals surface area contributed by atoms with Gasteiger partial charge >= 0.3 is 0 Å². The Morgan fingerprint density at radius 2 is 2.21 bits per heavy atom. The maximum Gasteiger partial charge on any atom is 0.105 e. The van der Waals surface area contributed by atoms with Crippen molar-refractivity contribution >= 4 is 9.92 Å². The van der Waals surface area contributed by atoms with Gasteiger partial charge in [0.05, 0.1) is 6.10 Å². The number of aliphatic hydroxyl groups is 1. The molecular formula is C8H19N3O2S. The molecule has 0 radical (unpaired) electrons. The summed E-state index contributed by atoms with van der Waals surface area (Å²) in [6.07, 6.45) is 1.58. The van der Waals surface area contributed by atoms with E-state index < -0.39 is 16.0 Å². The maximum absolute atomic E-state index is 11.6. The van der Waals surface area contributed by atoms with Crippen LogP contribution in [0.1, 0.15) is 6.42 Å². The molecule has 0 amide bonds. The third-order valence-electron chi connectivity index (χ3n) is 2.37. The first-order valence-electron chi connectivity index (χ1n) is 4.64. The Hall–Kier alpha value is -0.170. The van der Waals surface area contributed by atoms with Crippen molar-refractivity contribution in [2.45, 2.75) is 18.6 Å². The molecule has 3 atom stereocenters. The minimum absolute atomic E-state index is 0.0370. The van der Waals surface area contributed by atoms with Crippen molar-refractivity contribution in [3.63, 3.8) is 0 Å². The fraction of sp³-hybridized carbons (Fsp3) is 1.00. The normalized spacial score (nSPS) is 33.5. The minimum atomic E-state index is -2.68. The van der Waals surface area contributed by atoms with Crippen molar-refractivity contribution in [1.29, 1.82) is 4.78 Å². The fourth-order valence-electron chi connectivity index (χ4n) is 1.88. The number of hydrogen-bond donors (Lipinski definition) is 2. The molecule has 5 nitrogen and oxygen atoms in total. The van der Waals surface area contributed by atoms with Gasteiger partial charge < -0.3 is 10.0 Å². The second-order valence-electron chi connectivity index (χ2n) is 4.21. The van der Waals surface area contributed by atoms with Crippen molar-refractivity contribution in [3.8, 4) is 0 Å². The highest BCUT2D eigenvalue weighted by atomic mass is 32.2. The molecule has 1 fully saturated rings. The van der Waals surface area contributed by atoms with E-state index in [2.05, 4.69) is 0 Å². The van der Waals surface area contributed by atoms with Gasteiger partial charge in [0.2, 0.25) is 0 Å². The number of aliphatic hydroxyl groups excluding tert-OH is 1. The standard InChI is InChI=1S/C8H19N3O2S/c1-10(2)5-7-4-8(12)6-11(7)14(3,9)13/h7-9,12H,4-6H2,1-3H3. The lowest BCUT2D eigenvalue weighted by Gasteiger charge is -2.26. The van der Waals surface area contributed by atoms with Crippen LogP contribution in [-0.2, 0) is 9.92 Å². The Labute approximate surface area is 85.8 Å². The molecule has 0 aromatic heterocycles. The van der Waals surface area contributed by atoms with Gasteiger partial charge in [-0.3, -0.25) is 0 Å². The summed E-state index contributed by atoms with van der Waals surface area (Å²) in [5, 5.41) is 9.48. The zero-order chi connectivity index (χ0) is 10.9. The van der Waals surface area contributed by atoms with Crippen molar-refractivity contribution < 1.29 is 9.32 Å². The smallest absolute Gasteiger partial charge is 0.105 e. The molecule has 0 spiro atoms.